The molecule has 1 aliphatic rings. The lowest BCUT2D eigenvalue weighted by atomic mass is 9.92. The molecule has 0 aliphatic carbocycles. The smallest absolute Gasteiger partial charge is 0.265 e. The van der Waals surface area contributed by atoms with Crippen molar-refractivity contribution in [2.45, 2.75) is 51.0 Å². The van der Waals surface area contributed by atoms with Gasteiger partial charge in [-0.15, -0.1) is 0 Å². The minimum absolute atomic E-state index is 0.0654. The van der Waals surface area contributed by atoms with Crippen LogP contribution in [0, 0.1) is 0 Å². The summed E-state index contributed by atoms with van der Waals surface area (Å²) < 4.78 is 40.8. The molecule has 0 spiro atoms. The van der Waals surface area contributed by atoms with Gasteiger partial charge in [-0.05, 0) is 26.0 Å². The number of fused-ring (bicyclic) bond motifs is 1. The van der Waals surface area contributed by atoms with E-state index in [2.05, 4.69) is 9.82 Å². The standard InChI is InChI=1S/C17H23N3O4S/c1-11(2)20-9-15(16(18-20)17(3,4)5)25(21,22)19-12-6-7-13-14(8-12)24-10-23-13/h6-9,11,19H,10H2,1-5H3. The maximum Gasteiger partial charge on any atom is 0.265 e. The summed E-state index contributed by atoms with van der Waals surface area (Å²) in [5.41, 5.74) is 0.551. The molecule has 1 N–H and O–H groups in total. The predicted octanol–water partition coefficient (Wildman–Crippen LogP) is 3.29. The molecule has 8 heteroatoms. The van der Waals surface area contributed by atoms with E-state index >= 15 is 0 Å². The Bertz CT molecular complexity index is 895. The number of hydrogen-bond donors (Lipinski definition) is 1. The molecule has 0 amide bonds. The number of sulfonamides is 1. The maximum atomic E-state index is 13.0. The summed E-state index contributed by atoms with van der Waals surface area (Å²) in [4.78, 5) is 0.186. The molecule has 2 aromatic rings. The first kappa shape index (κ1) is 17.6. The quantitative estimate of drug-likeness (QED) is 0.899. The summed E-state index contributed by atoms with van der Waals surface area (Å²) in [6.45, 7) is 9.89. The van der Waals surface area contributed by atoms with Crippen molar-refractivity contribution >= 4 is 15.7 Å². The zero-order valence-electron chi connectivity index (χ0n) is 15.0. The van der Waals surface area contributed by atoms with Crippen LogP contribution in [0.3, 0.4) is 0 Å². The monoisotopic (exact) mass is 365 g/mol. The van der Waals surface area contributed by atoms with E-state index in [-0.39, 0.29) is 17.7 Å². The highest BCUT2D eigenvalue weighted by Gasteiger charge is 2.30. The van der Waals surface area contributed by atoms with Crippen LogP contribution in [0.2, 0.25) is 0 Å². The number of rotatable bonds is 4. The normalized spacial score (nSPS) is 14.2. The van der Waals surface area contributed by atoms with Gasteiger partial charge in [-0.2, -0.15) is 5.10 Å². The molecule has 0 bridgehead atoms. The Labute approximate surface area is 148 Å². The van der Waals surface area contributed by atoms with Crippen molar-refractivity contribution in [2.24, 2.45) is 0 Å². The van der Waals surface area contributed by atoms with E-state index in [1.54, 1.807) is 29.1 Å². The summed E-state index contributed by atoms with van der Waals surface area (Å²) in [5, 5.41) is 4.50. The van der Waals surface area contributed by atoms with Gasteiger partial charge in [-0.1, -0.05) is 20.8 Å². The first-order valence-electron chi connectivity index (χ1n) is 8.10. The third kappa shape index (κ3) is 3.44. The molecule has 0 radical (unpaired) electrons. The van der Waals surface area contributed by atoms with Crippen molar-refractivity contribution in [1.29, 1.82) is 0 Å². The number of hydrogen-bond acceptors (Lipinski definition) is 5. The first-order valence-corrected chi connectivity index (χ1v) is 9.58. The Morgan fingerprint density at radius 3 is 2.52 bits per heavy atom. The fraction of sp³-hybridized carbons (Fsp3) is 0.471. The zero-order chi connectivity index (χ0) is 18.4. The Kier molecular flexibility index (Phi) is 4.18. The van der Waals surface area contributed by atoms with Crippen LogP contribution < -0.4 is 14.2 Å². The molecule has 0 saturated carbocycles. The van der Waals surface area contributed by atoms with Crippen LogP contribution in [-0.2, 0) is 15.4 Å². The summed E-state index contributed by atoms with van der Waals surface area (Å²) in [5.74, 6) is 1.13. The molecule has 3 rings (SSSR count). The second-order valence-electron chi connectivity index (χ2n) is 7.34. The number of ether oxygens (including phenoxy) is 2. The summed E-state index contributed by atoms with van der Waals surface area (Å²) in [6.07, 6.45) is 1.58. The van der Waals surface area contributed by atoms with Crippen LogP contribution in [0.25, 0.3) is 0 Å². The lowest BCUT2D eigenvalue weighted by Crippen LogP contribution is -2.20. The van der Waals surface area contributed by atoms with E-state index < -0.39 is 15.4 Å². The molecule has 2 heterocycles. The molecule has 0 atom stereocenters. The van der Waals surface area contributed by atoms with Gasteiger partial charge in [0, 0.05) is 23.7 Å². The van der Waals surface area contributed by atoms with E-state index in [0.717, 1.165) is 0 Å². The maximum absolute atomic E-state index is 13.0. The lowest BCUT2D eigenvalue weighted by Gasteiger charge is -2.18. The van der Waals surface area contributed by atoms with Crippen LogP contribution >= 0.6 is 0 Å². The summed E-state index contributed by atoms with van der Waals surface area (Å²) >= 11 is 0. The van der Waals surface area contributed by atoms with Crippen molar-refractivity contribution in [3.05, 3.63) is 30.1 Å². The number of aromatic nitrogens is 2. The van der Waals surface area contributed by atoms with Gasteiger partial charge in [0.05, 0.1) is 11.4 Å². The molecule has 0 saturated heterocycles. The van der Waals surface area contributed by atoms with Gasteiger partial charge in [0.15, 0.2) is 11.5 Å². The molecule has 0 fully saturated rings. The molecule has 25 heavy (non-hydrogen) atoms. The Morgan fingerprint density at radius 2 is 1.88 bits per heavy atom. The Morgan fingerprint density at radius 1 is 1.20 bits per heavy atom. The molecule has 1 aromatic carbocycles. The van der Waals surface area contributed by atoms with Gasteiger partial charge >= 0.3 is 0 Å². The Balaban J connectivity index is 1.99. The molecule has 136 valence electrons. The zero-order valence-corrected chi connectivity index (χ0v) is 15.8. The number of nitrogens with one attached hydrogen (secondary N) is 1. The molecule has 1 aromatic heterocycles. The number of nitrogens with zero attached hydrogens (tertiary/aromatic N) is 2. The second kappa shape index (κ2) is 5.94. The fourth-order valence-corrected chi connectivity index (χ4v) is 3.92. The van der Waals surface area contributed by atoms with Gasteiger partial charge in [0.1, 0.15) is 4.90 Å². The van der Waals surface area contributed by atoms with Crippen molar-refractivity contribution in [3.8, 4) is 11.5 Å². The second-order valence-corrected chi connectivity index (χ2v) is 8.99. The minimum atomic E-state index is -3.79. The van der Waals surface area contributed by atoms with Crippen LogP contribution in [0.15, 0.2) is 29.3 Å². The molecular formula is C17H23N3O4S. The van der Waals surface area contributed by atoms with Crippen LogP contribution in [0.1, 0.15) is 46.4 Å². The predicted molar refractivity (Wildman–Crippen MR) is 94.7 cm³/mol. The summed E-state index contributed by atoms with van der Waals surface area (Å²) in [6, 6.07) is 5.01. The van der Waals surface area contributed by atoms with Gasteiger partial charge in [-0.3, -0.25) is 9.40 Å². The van der Waals surface area contributed by atoms with Gasteiger partial charge < -0.3 is 9.47 Å². The van der Waals surface area contributed by atoms with Gasteiger partial charge in [0.25, 0.3) is 10.0 Å². The van der Waals surface area contributed by atoms with Gasteiger partial charge in [0.2, 0.25) is 6.79 Å². The van der Waals surface area contributed by atoms with Crippen molar-refractivity contribution < 1.29 is 17.9 Å². The minimum Gasteiger partial charge on any atom is -0.454 e. The topological polar surface area (TPSA) is 82.5 Å². The number of benzene rings is 1. The van der Waals surface area contributed by atoms with E-state index in [9.17, 15) is 8.42 Å². The fourth-order valence-electron chi connectivity index (χ4n) is 2.53. The van der Waals surface area contributed by atoms with E-state index in [1.807, 2.05) is 34.6 Å². The number of anilines is 1. The first-order chi connectivity index (χ1) is 11.6. The average molecular weight is 365 g/mol. The third-order valence-corrected chi connectivity index (χ3v) is 5.23. The van der Waals surface area contributed by atoms with Crippen LogP contribution in [0.5, 0.6) is 11.5 Å². The average Bonchev–Trinajstić information content (AvgIpc) is 3.12. The highest BCUT2D eigenvalue weighted by Crippen LogP contribution is 2.35. The lowest BCUT2D eigenvalue weighted by molar-refractivity contribution is 0.174. The van der Waals surface area contributed by atoms with Crippen LogP contribution in [0.4, 0.5) is 5.69 Å². The van der Waals surface area contributed by atoms with Crippen molar-refractivity contribution in [1.82, 2.24) is 9.78 Å². The SMILES string of the molecule is CC(C)n1cc(S(=O)(=O)Nc2ccc3c(c2)OCO3)c(C(C)(C)C)n1. The van der Waals surface area contributed by atoms with E-state index in [1.165, 1.54) is 0 Å². The van der Waals surface area contributed by atoms with Crippen molar-refractivity contribution in [3.63, 3.8) is 0 Å². The Hall–Kier alpha value is -2.22. The molecule has 0 unspecified atom stereocenters. The third-order valence-electron chi connectivity index (χ3n) is 3.85. The summed E-state index contributed by atoms with van der Waals surface area (Å²) in [7, 11) is -3.79. The highest BCUT2D eigenvalue weighted by molar-refractivity contribution is 7.92. The molecule has 7 nitrogen and oxygen atoms in total. The molecule has 1 aliphatic heterocycles. The largest absolute Gasteiger partial charge is 0.454 e. The van der Waals surface area contributed by atoms with E-state index in [4.69, 9.17) is 9.47 Å². The van der Waals surface area contributed by atoms with E-state index in [0.29, 0.717) is 22.9 Å². The highest BCUT2D eigenvalue weighted by atomic mass is 32.2. The van der Waals surface area contributed by atoms with Crippen molar-refractivity contribution in [2.75, 3.05) is 11.5 Å². The van der Waals surface area contributed by atoms with Crippen LogP contribution in [-0.4, -0.2) is 25.0 Å². The van der Waals surface area contributed by atoms with Gasteiger partial charge in [-0.25, -0.2) is 8.42 Å². The molecular weight excluding hydrogens is 342 g/mol.